The predicted octanol–water partition coefficient (Wildman–Crippen LogP) is 3.24. The molecule has 112 valence electrons. The highest BCUT2D eigenvalue weighted by Crippen LogP contribution is 2.30. The molecule has 1 saturated heterocycles. The zero-order chi connectivity index (χ0) is 14.5. The monoisotopic (exact) mass is 301 g/mol. The number of benzene rings is 1. The fourth-order valence-corrected chi connectivity index (χ4v) is 2.63. The van der Waals surface area contributed by atoms with Gasteiger partial charge < -0.3 is 14.8 Å². The Morgan fingerprint density at radius 3 is 2.90 bits per heavy atom. The van der Waals surface area contributed by atoms with E-state index < -0.39 is 0 Å². The Balaban J connectivity index is 2.27. The molecular weight excluding hydrogens is 281 g/mol. The van der Waals surface area contributed by atoms with Gasteiger partial charge in [0.1, 0.15) is 11.9 Å². The van der Waals surface area contributed by atoms with E-state index in [1.165, 1.54) is 6.07 Å². The fourth-order valence-electron chi connectivity index (χ4n) is 2.36. The third-order valence-corrected chi connectivity index (χ3v) is 3.77. The van der Waals surface area contributed by atoms with Gasteiger partial charge in [-0.25, -0.2) is 4.39 Å². The van der Waals surface area contributed by atoms with Crippen molar-refractivity contribution in [1.82, 2.24) is 5.32 Å². The van der Waals surface area contributed by atoms with Gasteiger partial charge in [0.25, 0.3) is 0 Å². The van der Waals surface area contributed by atoms with Gasteiger partial charge in [-0.05, 0) is 37.1 Å². The van der Waals surface area contributed by atoms with Gasteiger partial charge in [-0.3, -0.25) is 0 Å². The molecule has 3 nitrogen and oxygen atoms in total. The van der Waals surface area contributed by atoms with Crippen LogP contribution in [0.4, 0.5) is 4.39 Å². The Morgan fingerprint density at radius 1 is 1.45 bits per heavy atom. The number of nitrogens with one attached hydrogen (secondary N) is 1. The van der Waals surface area contributed by atoms with Gasteiger partial charge in [0, 0.05) is 5.02 Å². The van der Waals surface area contributed by atoms with E-state index in [9.17, 15) is 4.39 Å². The molecule has 1 aromatic rings. The normalized spacial score (nSPS) is 20.9. The molecule has 5 heteroatoms. The van der Waals surface area contributed by atoms with Crippen LogP contribution in [0.3, 0.4) is 0 Å². The number of rotatable bonds is 5. The van der Waals surface area contributed by atoms with Crippen LogP contribution in [0.1, 0.15) is 30.5 Å². The molecule has 2 atom stereocenters. The van der Waals surface area contributed by atoms with Crippen LogP contribution >= 0.6 is 11.6 Å². The minimum Gasteiger partial charge on any atom is -0.376 e. The molecule has 2 unspecified atom stereocenters. The van der Waals surface area contributed by atoms with Crippen LogP contribution in [0.25, 0.3) is 0 Å². The fraction of sp³-hybridized carbons (Fsp3) is 0.600. The Labute approximate surface area is 124 Å². The van der Waals surface area contributed by atoms with E-state index in [-0.39, 0.29) is 18.0 Å². The summed E-state index contributed by atoms with van der Waals surface area (Å²) < 4.78 is 24.8. The molecule has 1 N–H and O–H groups in total. The van der Waals surface area contributed by atoms with Gasteiger partial charge in [0.05, 0.1) is 25.9 Å². The van der Waals surface area contributed by atoms with E-state index in [1.807, 2.05) is 0 Å². The first-order valence-corrected chi connectivity index (χ1v) is 7.39. The molecule has 1 fully saturated rings. The average molecular weight is 302 g/mol. The maximum Gasteiger partial charge on any atom is 0.127 e. The summed E-state index contributed by atoms with van der Waals surface area (Å²) in [5.74, 6) is -0.284. The highest BCUT2D eigenvalue weighted by atomic mass is 35.5. The van der Waals surface area contributed by atoms with Crippen molar-refractivity contribution in [3.63, 3.8) is 0 Å². The first-order chi connectivity index (χ1) is 9.63. The van der Waals surface area contributed by atoms with Gasteiger partial charge in [-0.15, -0.1) is 0 Å². The summed E-state index contributed by atoms with van der Waals surface area (Å²) in [5, 5.41) is 3.86. The lowest BCUT2D eigenvalue weighted by Crippen LogP contribution is -2.41. The van der Waals surface area contributed by atoms with Gasteiger partial charge in [-0.1, -0.05) is 24.6 Å². The summed E-state index contributed by atoms with van der Waals surface area (Å²) in [6, 6.07) is 3.08. The summed E-state index contributed by atoms with van der Waals surface area (Å²) in [4.78, 5) is 0. The second-order valence-electron chi connectivity index (χ2n) is 5.04. The van der Waals surface area contributed by atoms with Crippen molar-refractivity contribution >= 4 is 11.6 Å². The first-order valence-electron chi connectivity index (χ1n) is 7.01. The topological polar surface area (TPSA) is 30.5 Å². The van der Waals surface area contributed by atoms with Gasteiger partial charge in [-0.2, -0.15) is 0 Å². The molecule has 1 aromatic carbocycles. The standard InChI is InChI=1S/C15H21ClFNO2/c1-3-4-18-15(14-9-19-5-6-20-14)11-7-10(2)13(17)8-12(11)16/h7-8,14-15,18H,3-6,9H2,1-2H3. The molecule has 1 heterocycles. The van der Waals surface area contributed by atoms with Crippen molar-refractivity contribution in [2.45, 2.75) is 32.4 Å². The van der Waals surface area contributed by atoms with Crippen molar-refractivity contribution in [2.75, 3.05) is 26.4 Å². The van der Waals surface area contributed by atoms with Crippen LogP contribution in [-0.2, 0) is 9.47 Å². The smallest absolute Gasteiger partial charge is 0.127 e. The van der Waals surface area contributed by atoms with Crippen LogP contribution in [-0.4, -0.2) is 32.5 Å². The molecule has 0 aromatic heterocycles. The molecule has 2 rings (SSSR count). The van der Waals surface area contributed by atoms with E-state index in [0.29, 0.717) is 30.4 Å². The third-order valence-electron chi connectivity index (χ3n) is 3.44. The minimum atomic E-state index is -0.284. The summed E-state index contributed by atoms with van der Waals surface area (Å²) in [5.41, 5.74) is 1.46. The summed E-state index contributed by atoms with van der Waals surface area (Å²) in [6.45, 7) is 6.40. The van der Waals surface area contributed by atoms with Crippen molar-refractivity contribution in [2.24, 2.45) is 0 Å². The van der Waals surface area contributed by atoms with Gasteiger partial charge in [0.15, 0.2) is 0 Å². The highest BCUT2D eigenvalue weighted by molar-refractivity contribution is 6.31. The molecule has 0 aliphatic carbocycles. The third kappa shape index (κ3) is 3.70. The highest BCUT2D eigenvalue weighted by Gasteiger charge is 2.28. The summed E-state index contributed by atoms with van der Waals surface area (Å²) >= 11 is 6.22. The molecule has 0 saturated carbocycles. The Kier molecular flexibility index (Phi) is 5.78. The van der Waals surface area contributed by atoms with Gasteiger partial charge in [0.2, 0.25) is 0 Å². The second kappa shape index (κ2) is 7.36. The Bertz CT molecular complexity index is 450. The first kappa shape index (κ1) is 15.7. The number of aryl methyl sites for hydroxylation is 1. The molecule has 1 aliphatic rings. The van der Waals surface area contributed by atoms with Crippen molar-refractivity contribution < 1.29 is 13.9 Å². The lowest BCUT2D eigenvalue weighted by Gasteiger charge is -2.32. The molecule has 0 bridgehead atoms. The van der Waals surface area contributed by atoms with E-state index in [2.05, 4.69) is 12.2 Å². The average Bonchev–Trinajstić information content (AvgIpc) is 2.45. The van der Waals surface area contributed by atoms with Crippen LogP contribution in [0.2, 0.25) is 5.02 Å². The lowest BCUT2D eigenvalue weighted by molar-refractivity contribution is -0.102. The Hall–Kier alpha value is -0.680. The summed E-state index contributed by atoms with van der Waals surface area (Å²) in [7, 11) is 0. The molecule has 0 spiro atoms. The van der Waals surface area contributed by atoms with Crippen LogP contribution in [0.5, 0.6) is 0 Å². The van der Waals surface area contributed by atoms with Crippen LogP contribution < -0.4 is 5.32 Å². The van der Waals surface area contributed by atoms with Crippen LogP contribution in [0, 0.1) is 12.7 Å². The van der Waals surface area contributed by atoms with E-state index in [4.69, 9.17) is 21.1 Å². The van der Waals surface area contributed by atoms with Gasteiger partial charge >= 0.3 is 0 Å². The zero-order valence-electron chi connectivity index (χ0n) is 11.9. The minimum absolute atomic E-state index is 0.0814. The molecule has 0 radical (unpaired) electrons. The molecular formula is C15H21ClFNO2. The second-order valence-corrected chi connectivity index (χ2v) is 5.45. The summed E-state index contributed by atoms with van der Waals surface area (Å²) in [6.07, 6.45) is 0.902. The number of hydrogen-bond donors (Lipinski definition) is 1. The van der Waals surface area contributed by atoms with Crippen molar-refractivity contribution in [1.29, 1.82) is 0 Å². The van der Waals surface area contributed by atoms with Crippen molar-refractivity contribution in [3.8, 4) is 0 Å². The van der Waals surface area contributed by atoms with Crippen LogP contribution in [0.15, 0.2) is 12.1 Å². The quantitative estimate of drug-likeness (QED) is 0.905. The molecule has 0 amide bonds. The number of halogens is 2. The zero-order valence-corrected chi connectivity index (χ0v) is 12.7. The SMILES string of the molecule is CCCNC(c1cc(C)c(F)cc1Cl)C1COCCO1. The maximum absolute atomic E-state index is 13.6. The molecule has 1 aliphatic heterocycles. The Morgan fingerprint density at radius 2 is 2.25 bits per heavy atom. The largest absolute Gasteiger partial charge is 0.376 e. The van der Waals surface area contributed by atoms with E-state index in [1.54, 1.807) is 13.0 Å². The predicted molar refractivity (Wildman–Crippen MR) is 77.7 cm³/mol. The van der Waals surface area contributed by atoms with E-state index in [0.717, 1.165) is 18.5 Å². The molecule has 20 heavy (non-hydrogen) atoms. The number of ether oxygens (including phenoxy) is 2. The maximum atomic E-state index is 13.6. The van der Waals surface area contributed by atoms with E-state index >= 15 is 0 Å². The van der Waals surface area contributed by atoms with Crippen molar-refractivity contribution in [3.05, 3.63) is 34.1 Å². The number of hydrogen-bond acceptors (Lipinski definition) is 3. The lowest BCUT2D eigenvalue weighted by atomic mass is 9.98.